The molecule has 0 spiro atoms. The number of oxime groups is 1. The van der Waals surface area contributed by atoms with E-state index in [1.165, 1.54) is 17.0 Å². The monoisotopic (exact) mass is 449 g/mol. The van der Waals surface area contributed by atoms with Gasteiger partial charge in [0.1, 0.15) is 24.0 Å². The van der Waals surface area contributed by atoms with Crippen LogP contribution in [0.2, 0.25) is 0 Å². The zero-order valence-corrected chi connectivity index (χ0v) is 17.3. The third kappa shape index (κ3) is 5.99. The van der Waals surface area contributed by atoms with Crippen molar-refractivity contribution in [2.75, 3.05) is 19.7 Å². The molecule has 1 aliphatic rings. The average Bonchev–Trinajstić information content (AvgIpc) is 3.22. The first-order valence-electron chi connectivity index (χ1n) is 9.97. The second-order valence-electron chi connectivity index (χ2n) is 7.03. The summed E-state index contributed by atoms with van der Waals surface area (Å²) in [6, 6.07) is 8.45. The molecule has 32 heavy (non-hydrogen) atoms. The van der Waals surface area contributed by atoms with Crippen LogP contribution in [0.4, 0.5) is 18.0 Å². The summed E-state index contributed by atoms with van der Waals surface area (Å²) in [5.41, 5.74) is 0.747. The van der Waals surface area contributed by atoms with Crippen LogP contribution in [0.25, 0.3) is 0 Å². The van der Waals surface area contributed by atoms with Gasteiger partial charge in [0.25, 0.3) is 0 Å². The normalized spacial score (nSPS) is 15.0. The van der Waals surface area contributed by atoms with Crippen LogP contribution in [-0.2, 0) is 20.9 Å². The zero-order valence-electron chi connectivity index (χ0n) is 17.3. The lowest BCUT2D eigenvalue weighted by Crippen LogP contribution is -2.45. The molecule has 1 N–H and O–H groups in total. The van der Waals surface area contributed by atoms with Gasteiger partial charge in [-0.1, -0.05) is 29.4 Å². The van der Waals surface area contributed by atoms with Gasteiger partial charge in [0.2, 0.25) is 0 Å². The maximum atomic E-state index is 14.2. The Kier molecular flexibility index (Phi) is 7.69. The number of urea groups is 1. The van der Waals surface area contributed by atoms with Crippen molar-refractivity contribution in [2.45, 2.75) is 26.0 Å². The van der Waals surface area contributed by atoms with E-state index in [4.69, 9.17) is 9.57 Å². The van der Waals surface area contributed by atoms with Gasteiger partial charge in [0.05, 0.1) is 25.4 Å². The molecular weight excluding hydrogens is 427 g/mol. The van der Waals surface area contributed by atoms with E-state index in [2.05, 4.69) is 10.5 Å². The molecule has 0 aromatic heterocycles. The molecule has 3 rings (SSSR count). The van der Waals surface area contributed by atoms with Crippen molar-refractivity contribution in [2.24, 2.45) is 5.16 Å². The van der Waals surface area contributed by atoms with Crippen LogP contribution < -0.4 is 5.32 Å². The fraction of sp³-hybridized carbons (Fsp3) is 0.318. The van der Waals surface area contributed by atoms with Crippen LogP contribution in [0.1, 0.15) is 24.5 Å². The van der Waals surface area contributed by atoms with Crippen molar-refractivity contribution in [3.05, 3.63) is 71.0 Å². The van der Waals surface area contributed by atoms with Crippen molar-refractivity contribution < 1.29 is 32.3 Å². The first-order chi connectivity index (χ1) is 15.4. The number of hydrogen-bond acceptors (Lipinski definition) is 5. The molecule has 0 aliphatic carbocycles. The molecule has 1 heterocycles. The molecule has 0 radical (unpaired) electrons. The van der Waals surface area contributed by atoms with Gasteiger partial charge in [0, 0.05) is 23.6 Å². The molecule has 2 amide bonds. The molecule has 2 aromatic carbocycles. The van der Waals surface area contributed by atoms with Gasteiger partial charge in [-0.2, -0.15) is 0 Å². The SMILES string of the molecule is CCOC(=O)CNC(=O)N(Cc1ccc(F)cc1F)CC1CC(c2ccccc2F)=NO1. The van der Waals surface area contributed by atoms with Gasteiger partial charge in [-0.05, 0) is 19.1 Å². The van der Waals surface area contributed by atoms with E-state index >= 15 is 0 Å². The van der Waals surface area contributed by atoms with E-state index in [1.54, 1.807) is 25.1 Å². The number of halogens is 3. The van der Waals surface area contributed by atoms with Crippen LogP contribution in [0.15, 0.2) is 47.6 Å². The standard InChI is InChI=1S/C22H22F3N3O4/c1-2-31-21(29)11-26-22(30)28(12-14-7-8-15(23)9-19(14)25)13-16-10-20(27-32-16)17-5-3-4-6-18(17)24/h3-9,16H,2,10-13H2,1H3,(H,26,30). The number of amides is 2. The molecule has 0 saturated carbocycles. The average molecular weight is 449 g/mol. The molecule has 1 unspecified atom stereocenters. The van der Waals surface area contributed by atoms with Crippen LogP contribution in [0.5, 0.6) is 0 Å². The smallest absolute Gasteiger partial charge is 0.325 e. The van der Waals surface area contributed by atoms with Crippen molar-refractivity contribution in [3.8, 4) is 0 Å². The highest BCUT2D eigenvalue weighted by atomic mass is 19.1. The van der Waals surface area contributed by atoms with Gasteiger partial charge in [-0.15, -0.1) is 0 Å². The quantitative estimate of drug-likeness (QED) is 0.627. The number of nitrogens with one attached hydrogen (secondary N) is 1. The second kappa shape index (κ2) is 10.7. The Balaban J connectivity index is 1.70. The lowest BCUT2D eigenvalue weighted by atomic mass is 10.0. The van der Waals surface area contributed by atoms with Crippen LogP contribution in [-0.4, -0.2) is 48.4 Å². The van der Waals surface area contributed by atoms with Gasteiger partial charge in [-0.25, -0.2) is 18.0 Å². The molecule has 0 fully saturated rings. The lowest BCUT2D eigenvalue weighted by Gasteiger charge is -2.25. The van der Waals surface area contributed by atoms with Gasteiger partial charge >= 0.3 is 12.0 Å². The van der Waals surface area contributed by atoms with Gasteiger partial charge in [-0.3, -0.25) is 4.79 Å². The van der Waals surface area contributed by atoms with Gasteiger partial charge in [0.15, 0.2) is 6.10 Å². The van der Waals surface area contributed by atoms with Crippen molar-refractivity contribution in [1.82, 2.24) is 10.2 Å². The Morgan fingerprint density at radius 1 is 1.19 bits per heavy atom. The largest absolute Gasteiger partial charge is 0.465 e. The number of nitrogens with zero attached hydrogens (tertiary/aromatic N) is 2. The molecule has 2 aromatic rings. The van der Waals surface area contributed by atoms with Crippen LogP contribution >= 0.6 is 0 Å². The number of carbonyl (C=O) groups excluding carboxylic acids is 2. The molecule has 0 bridgehead atoms. The van der Waals surface area contributed by atoms with Crippen molar-refractivity contribution in [3.63, 3.8) is 0 Å². The minimum atomic E-state index is -0.816. The van der Waals surface area contributed by atoms with Crippen LogP contribution in [0, 0.1) is 17.5 Å². The van der Waals surface area contributed by atoms with E-state index < -0.39 is 35.6 Å². The minimum Gasteiger partial charge on any atom is -0.465 e. The molecule has 1 aliphatic heterocycles. The Bertz CT molecular complexity index is 1020. The summed E-state index contributed by atoms with van der Waals surface area (Å²) in [5, 5.41) is 6.32. The van der Waals surface area contributed by atoms with E-state index in [0.717, 1.165) is 12.1 Å². The molecule has 7 nitrogen and oxygen atoms in total. The number of benzene rings is 2. The first kappa shape index (κ1) is 23.1. The molecule has 1 atom stereocenters. The molecular formula is C22H22F3N3O4. The summed E-state index contributed by atoms with van der Waals surface area (Å²) in [4.78, 5) is 30.8. The highest BCUT2D eigenvalue weighted by Crippen LogP contribution is 2.21. The third-order valence-electron chi connectivity index (χ3n) is 4.69. The third-order valence-corrected chi connectivity index (χ3v) is 4.69. The van der Waals surface area contributed by atoms with Crippen molar-refractivity contribution in [1.29, 1.82) is 0 Å². The molecule has 0 saturated heterocycles. The summed E-state index contributed by atoms with van der Waals surface area (Å²) in [5.74, 6) is -2.64. The molecule has 170 valence electrons. The maximum absolute atomic E-state index is 14.2. The zero-order chi connectivity index (χ0) is 23.1. The number of ether oxygens (including phenoxy) is 1. The summed E-state index contributed by atoms with van der Waals surface area (Å²) in [6.07, 6.45) is -0.407. The maximum Gasteiger partial charge on any atom is 0.325 e. The number of hydrogen-bond donors (Lipinski definition) is 1. The van der Waals surface area contributed by atoms with E-state index in [0.29, 0.717) is 5.71 Å². The first-order valence-corrected chi connectivity index (χ1v) is 9.97. The summed E-state index contributed by atoms with van der Waals surface area (Å²) < 4.78 is 46.2. The summed E-state index contributed by atoms with van der Waals surface area (Å²) >= 11 is 0. The number of rotatable bonds is 8. The topological polar surface area (TPSA) is 80.2 Å². The predicted molar refractivity (Wildman–Crippen MR) is 109 cm³/mol. The second-order valence-corrected chi connectivity index (χ2v) is 7.03. The van der Waals surface area contributed by atoms with E-state index in [-0.39, 0.29) is 43.8 Å². The van der Waals surface area contributed by atoms with Gasteiger partial charge < -0.3 is 19.8 Å². The number of esters is 1. The van der Waals surface area contributed by atoms with Crippen LogP contribution in [0.3, 0.4) is 0 Å². The molecule has 10 heteroatoms. The predicted octanol–water partition coefficient (Wildman–Crippen LogP) is 3.37. The Morgan fingerprint density at radius 3 is 2.69 bits per heavy atom. The Morgan fingerprint density at radius 2 is 1.97 bits per heavy atom. The Labute approximate surface area is 182 Å². The summed E-state index contributed by atoms with van der Waals surface area (Å²) in [7, 11) is 0. The lowest BCUT2D eigenvalue weighted by molar-refractivity contribution is -0.141. The summed E-state index contributed by atoms with van der Waals surface area (Å²) in [6.45, 7) is 1.17. The van der Waals surface area contributed by atoms with E-state index in [1.807, 2.05) is 0 Å². The minimum absolute atomic E-state index is 0.0348. The number of carbonyl (C=O) groups is 2. The Hall–Kier alpha value is -3.56. The fourth-order valence-electron chi connectivity index (χ4n) is 3.17. The van der Waals surface area contributed by atoms with E-state index in [9.17, 15) is 22.8 Å². The fourth-order valence-corrected chi connectivity index (χ4v) is 3.17. The highest BCUT2D eigenvalue weighted by Gasteiger charge is 2.28. The highest BCUT2D eigenvalue weighted by molar-refractivity contribution is 6.01. The van der Waals surface area contributed by atoms with Crippen molar-refractivity contribution >= 4 is 17.7 Å².